The molecule has 104 valence electrons. The average molecular weight is 277 g/mol. The molecule has 2 aromatic carbocycles. The second-order valence-corrected chi connectivity index (χ2v) is 5.53. The molecule has 1 N–H and O–H groups in total. The van der Waals surface area contributed by atoms with Crippen LogP contribution in [0.2, 0.25) is 0 Å². The zero-order valence-corrected chi connectivity index (χ0v) is 11.8. The number of benzene rings is 2. The van der Waals surface area contributed by atoms with Gasteiger partial charge in [-0.3, -0.25) is 4.79 Å². The molecule has 3 aromatic rings. The van der Waals surface area contributed by atoms with Crippen LogP contribution in [-0.4, -0.2) is 12.3 Å². The number of anilines is 1. The maximum Gasteiger partial charge on any atom is 0.228 e. The Morgan fingerprint density at radius 2 is 2.05 bits per heavy atom. The van der Waals surface area contributed by atoms with Crippen LogP contribution in [0.15, 0.2) is 46.9 Å². The van der Waals surface area contributed by atoms with Crippen molar-refractivity contribution in [2.45, 2.75) is 13.3 Å². The van der Waals surface area contributed by atoms with E-state index in [0.717, 1.165) is 35.2 Å². The van der Waals surface area contributed by atoms with Crippen LogP contribution in [-0.2, 0) is 6.42 Å². The fourth-order valence-electron chi connectivity index (χ4n) is 2.85. The predicted octanol–water partition coefficient (Wildman–Crippen LogP) is 3.94. The summed E-state index contributed by atoms with van der Waals surface area (Å²) in [4.78, 5) is 12.6. The number of carbonyl (C=O) groups is 1. The first-order valence-corrected chi connectivity index (χ1v) is 7.12. The quantitative estimate of drug-likeness (QED) is 0.721. The Hall–Kier alpha value is -2.55. The van der Waals surface area contributed by atoms with E-state index in [1.807, 2.05) is 49.4 Å². The average Bonchev–Trinajstić information content (AvgIpc) is 3.11. The molecular weight excluding hydrogens is 262 g/mol. The molecule has 0 bridgehead atoms. The van der Waals surface area contributed by atoms with Crippen molar-refractivity contribution in [2.24, 2.45) is 0 Å². The molecule has 0 unspecified atom stereocenters. The number of hydrogen-bond donors (Lipinski definition) is 1. The molecule has 21 heavy (non-hydrogen) atoms. The molecular formula is C18H15NO2. The molecule has 0 atom stereocenters. The zero-order chi connectivity index (χ0) is 14.4. The summed E-state index contributed by atoms with van der Waals surface area (Å²) in [7, 11) is 0. The maximum atomic E-state index is 12.6. The molecule has 0 spiro atoms. The lowest BCUT2D eigenvalue weighted by Crippen LogP contribution is -2.00. The van der Waals surface area contributed by atoms with Gasteiger partial charge in [0.25, 0.3) is 0 Å². The lowest BCUT2D eigenvalue weighted by Gasteiger charge is -2.02. The van der Waals surface area contributed by atoms with Crippen LogP contribution in [0, 0.1) is 6.92 Å². The van der Waals surface area contributed by atoms with Crippen molar-refractivity contribution in [3.8, 4) is 0 Å². The summed E-state index contributed by atoms with van der Waals surface area (Å²) in [6.45, 7) is 2.97. The second-order valence-electron chi connectivity index (χ2n) is 5.53. The van der Waals surface area contributed by atoms with Crippen molar-refractivity contribution in [1.29, 1.82) is 0 Å². The molecule has 3 heteroatoms. The molecule has 0 saturated heterocycles. The van der Waals surface area contributed by atoms with Gasteiger partial charge in [-0.05, 0) is 43.2 Å². The monoisotopic (exact) mass is 277 g/mol. The smallest absolute Gasteiger partial charge is 0.228 e. The minimum absolute atomic E-state index is 0.0691. The van der Waals surface area contributed by atoms with Crippen molar-refractivity contribution >= 4 is 22.4 Å². The van der Waals surface area contributed by atoms with E-state index in [9.17, 15) is 4.79 Å². The number of fused-ring (bicyclic) bond motifs is 2. The number of furan rings is 1. The van der Waals surface area contributed by atoms with Crippen LogP contribution in [0.4, 0.5) is 5.69 Å². The Balaban J connectivity index is 1.75. The van der Waals surface area contributed by atoms with E-state index >= 15 is 0 Å². The van der Waals surface area contributed by atoms with Crippen LogP contribution in [0.5, 0.6) is 0 Å². The lowest BCUT2D eigenvalue weighted by atomic mass is 10.0. The van der Waals surface area contributed by atoms with Crippen LogP contribution < -0.4 is 5.32 Å². The van der Waals surface area contributed by atoms with Crippen LogP contribution in [0.3, 0.4) is 0 Å². The molecule has 3 nitrogen and oxygen atoms in total. The number of ketones is 1. The van der Waals surface area contributed by atoms with Gasteiger partial charge in [-0.25, -0.2) is 0 Å². The summed E-state index contributed by atoms with van der Waals surface area (Å²) in [5.41, 5.74) is 4.91. The second kappa shape index (κ2) is 4.48. The van der Waals surface area contributed by atoms with E-state index in [2.05, 4.69) is 5.32 Å². The first-order chi connectivity index (χ1) is 10.2. The lowest BCUT2D eigenvalue weighted by molar-refractivity contribution is 0.101. The topological polar surface area (TPSA) is 42.2 Å². The Bertz CT molecular complexity index is 861. The van der Waals surface area contributed by atoms with E-state index in [1.54, 1.807) is 0 Å². The van der Waals surface area contributed by atoms with Gasteiger partial charge in [0.1, 0.15) is 5.58 Å². The van der Waals surface area contributed by atoms with Crippen LogP contribution in [0.25, 0.3) is 11.0 Å². The van der Waals surface area contributed by atoms with Gasteiger partial charge >= 0.3 is 0 Å². The summed E-state index contributed by atoms with van der Waals surface area (Å²) in [6, 6.07) is 13.6. The highest BCUT2D eigenvalue weighted by molar-refractivity contribution is 6.09. The Morgan fingerprint density at radius 1 is 1.14 bits per heavy atom. The number of hydrogen-bond acceptors (Lipinski definition) is 3. The van der Waals surface area contributed by atoms with Crippen LogP contribution in [0.1, 0.15) is 27.2 Å². The van der Waals surface area contributed by atoms with Crippen molar-refractivity contribution in [3.63, 3.8) is 0 Å². The molecule has 1 aliphatic rings. The Labute approximate surface area is 122 Å². The maximum absolute atomic E-state index is 12.6. The zero-order valence-electron chi connectivity index (χ0n) is 11.8. The molecule has 2 heterocycles. The normalized spacial score (nSPS) is 13.2. The van der Waals surface area contributed by atoms with Gasteiger partial charge < -0.3 is 9.73 Å². The van der Waals surface area contributed by atoms with Gasteiger partial charge in [0.2, 0.25) is 5.78 Å². The first-order valence-electron chi connectivity index (χ1n) is 7.12. The molecule has 0 radical (unpaired) electrons. The molecule has 1 aliphatic heterocycles. The number of nitrogens with one attached hydrogen (secondary N) is 1. The van der Waals surface area contributed by atoms with Gasteiger partial charge in [0.05, 0.1) is 0 Å². The van der Waals surface area contributed by atoms with Gasteiger partial charge in [-0.2, -0.15) is 0 Å². The highest BCUT2D eigenvalue weighted by atomic mass is 16.3. The SMILES string of the molecule is Cc1ccc2oc(C(=O)c3ccc4c(c3)NCC4)cc2c1. The molecule has 1 aromatic heterocycles. The van der Waals surface area contributed by atoms with Crippen LogP contribution >= 0.6 is 0 Å². The van der Waals surface area contributed by atoms with Gasteiger partial charge in [0, 0.05) is 23.2 Å². The molecule has 4 rings (SSSR count). The molecule has 0 aliphatic carbocycles. The van der Waals surface area contributed by atoms with Gasteiger partial charge in [-0.15, -0.1) is 0 Å². The summed E-state index contributed by atoms with van der Waals surface area (Å²) in [5, 5.41) is 4.27. The minimum Gasteiger partial charge on any atom is -0.453 e. The van der Waals surface area contributed by atoms with E-state index in [-0.39, 0.29) is 5.78 Å². The largest absolute Gasteiger partial charge is 0.453 e. The molecule has 0 fully saturated rings. The van der Waals surface area contributed by atoms with Crippen molar-refractivity contribution < 1.29 is 9.21 Å². The minimum atomic E-state index is -0.0691. The van der Waals surface area contributed by atoms with Crippen molar-refractivity contribution in [3.05, 3.63) is 64.9 Å². The number of carbonyl (C=O) groups excluding carboxylic acids is 1. The van der Waals surface area contributed by atoms with E-state index < -0.39 is 0 Å². The highest BCUT2D eigenvalue weighted by Crippen LogP contribution is 2.26. The Kier molecular flexibility index (Phi) is 2.61. The molecule has 0 amide bonds. The van der Waals surface area contributed by atoms with Gasteiger partial charge in [-0.1, -0.05) is 23.8 Å². The third-order valence-corrected chi connectivity index (χ3v) is 3.98. The van der Waals surface area contributed by atoms with Gasteiger partial charge in [0.15, 0.2) is 5.76 Å². The first kappa shape index (κ1) is 12.2. The van der Waals surface area contributed by atoms with E-state index in [4.69, 9.17) is 4.42 Å². The molecule has 0 saturated carbocycles. The third-order valence-electron chi connectivity index (χ3n) is 3.98. The standard InChI is InChI=1S/C18H15NO2/c1-11-2-5-16-14(8-11)10-17(21-16)18(20)13-4-3-12-6-7-19-15(12)9-13/h2-5,8-10,19H,6-7H2,1H3. The fraction of sp³-hybridized carbons (Fsp3) is 0.167. The number of aryl methyl sites for hydroxylation is 1. The van der Waals surface area contributed by atoms with Crippen molar-refractivity contribution in [2.75, 3.05) is 11.9 Å². The third kappa shape index (κ3) is 2.02. The summed E-state index contributed by atoms with van der Waals surface area (Å²) >= 11 is 0. The highest BCUT2D eigenvalue weighted by Gasteiger charge is 2.17. The van der Waals surface area contributed by atoms with Crippen molar-refractivity contribution in [1.82, 2.24) is 0 Å². The van der Waals surface area contributed by atoms with E-state index in [0.29, 0.717) is 11.3 Å². The predicted molar refractivity (Wildman–Crippen MR) is 83.0 cm³/mol. The summed E-state index contributed by atoms with van der Waals surface area (Å²) < 4.78 is 5.69. The number of rotatable bonds is 2. The Morgan fingerprint density at radius 3 is 2.95 bits per heavy atom. The fourth-order valence-corrected chi connectivity index (χ4v) is 2.85. The summed E-state index contributed by atoms with van der Waals surface area (Å²) in [6.07, 6.45) is 1.02. The summed E-state index contributed by atoms with van der Waals surface area (Å²) in [5.74, 6) is 0.328. The van der Waals surface area contributed by atoms with E-state index in [1.165, 1.54) is 5.56 Å².